The summed E-state index contributed by atoms with van der Waals surface area (Å²) in [6.07, 6.45) is -2.20. The van der Waals surface area contributed by atoms with E-state index in [-0.39, 0.29) is 50.3 Å². The zero-order valence-electron chi connectivity index (χ0n) is 46.3. The van der Waals surface area contributed by atoms with Gasteiger partial charge in [0.25, 0.3) is 0 Å². The van der Waals surface area contributed by atoms with Crippen LogP contribution in [0, 0.1) is 17.8 Å². The van der Waals surface area contributed by atoms with E-state index in [9.17, 15) is 63.6 Å². The summed E-state index contributed by atoms with van der Waals surface area (Å²) < 4.78 is 0. The average molecular weight is 1100 g/mol. The normalized spacial score (nSPS) is 17.5. The lowest BCUT2D eigenvalue weighted by molar-refractivity contribution is -0.145. The second-order valence-corrected chi connectivity index (χ2v) is 21.3. The molecule has 1 saturated heterocycles. The number of carboxylic acid groups (broad SMARTS) is 1. The molecule has 0 aliphatic carbocycles. The average Bonchev–Trinajstić information content (AvgIpc) is 3.92. The summed E-state index contributed by atoms with van der Waals surface area (Å²) in [5.41, 5.74) is 8.23. The third-order valence-electron chi connectivity index (χ3n) is 13.9. The minimum absolute atomic E-state index is 0.00570. The van der Waals surface area contributed by atoms with E-state index in [4.69, 9.17) is 5.73 Å². The van der Waals surface area contributed by atoms with Crippen LogP contribution in [-0.4, -0.2) is 152 Å². The molecule has 79 heavy (non-hydrogen) atoms. The first-order valence-corrected chi connectivity index (χ1v) is 26.9. The second-order valence-electron chi connectivity index (χ2n) is 21.3. The molecule has 0 saturated carbocycles. The van der Waals surface area contributed by atoms with Crippen molar-refractivity contribution in [1.82, 2.24) is 42.1 Å². The number of aliphatic hydroxyl groups is 2. The van der Waals surface area contributed by atoms with Gasteiger partial charge in [-0.05, 0) is 86.1 Å². The molecule has 22 heteroatoms. The van der Waals surface area contributed by atoms with Gasteiger partial charge in [-0.25, -0.2) is 4.79 Å². The zero-order chi connectivity index (χ0) is 58.7. The summed E-state index contributed by atoms with van der Waals surface area (Å²) in [5.74, 6) is -9.06. The third kappa shape index (κ3) is 19.5. The quantitative estimate of drug-likeness (QED) is 0.0456. The number of carbonyl (C=O) groups excluding carboxylic acids is 8. The van der Waals surface area contributed by atoms with E-state index < -0.39 is 132 Å². The van der Waals surface area contributed by atoms with E-state index in [1.54, 1.807) is 58.0 Å². The molecule has 12 atom stereocenters. The van der Waals surface area contributed by atoms with Crippen molar-refractivity contribution in [2.75, 3.05) is 6.54 Å². The molecule has 0 unspecified atom stereocenters. The Bertz CT molecular complexity index is 2530. The molecule has 13 N–H and O–H groups in total. The number of aromatic hydroxyl groups is 1. The molecule has 0 spiro atoms. The number of nitrogens with two attached hydrogens (primary N) is 1. The number of aliphatic hydroxyl groups excluding tert-OH is 2. The van der Waals surface area contributed by atoms with Gasteiger partial charge in [0.15, 0.2) is 0 Å². The minimum Gasteiger partial charge on any atom is -0.508 e. The Kier molecular flexibility index (Phi) is 24.9. The molecular weight excluding hydrogens is 1020 g/mol. The van der Waals surface area contributed by atoms with Gasteiger partial charge in [0.1, 0.15) is 54.1 Å². The van der Waals surface area contributed by atoms with Crippen LogP contribution in [0.4, 0.5) is 0 Å². The number of rotatable bonds is 29. The molecule has 4 rings (SSSR count). The van der Waals surface area contributed by atoms with Crippen LogP contribution < -0.4 is 43.0 Å². The summed E-state index contributed by atoms with van der Waals surface area (Å²) in [4.78, 5) is 126. The van der Waals surface area contributed by atoms with Crippen LogP contribution in [-0.2, 0) is 62.4 Å². The Labute approximate surface area is 461 Å². The third-order valence-corrected chi connectivity index (χ3v) is 13.9. The topological polar surface area (TPSA) is 348 Å². The predicted octanol–water partition coefficient (Wildman–Crippen LogP) is 0.726. The fraction of sp³-hybridized carbons (Fsp3) is 0.526. The van der Waals surface area contributed by atoms with E-state index >= 15 is 0 Å². The molecule has 1 aliphatic heterocycles. The first-order chi connectivity index (χ1) is 37.3. The molecule has 0 aromatic heterocycles. The van der Waals surface area contributed by atoms with Gasteiger partial charge < -0.3 is 68.3 Å². The Morgan fingerprint density at radius 3 is 1.51 bits per heavy atom. The number of hydrogen-bond acceptors (Lipinski definition) is 13. The summed E-state index contributed by atoms with van der Waals surface area (Å²) in [6, 6.07) is 11.6. The number of carbonyl (C=O) groups is 9. The fourth-order valence-corrected chi connectivity index (χ4v) is 9.10. The van der Waals surface area contributed by atoms with Gasteiger partial charge in [0, 0.05) is 19.4 Å². The van der Waals surface area contributed by atoms with Crippen molar-refractivity contribution in [3.8, 4) is 5.75 Å². The van der Waals surface area contributed by atoms with Gasteiger partial charge in [-0.3, -0.25) is 38.4 Å². The van der Waals surface area contributed by atoms with Crippen molar-refractivity contribution in [3.05, 3.63) is 102 Å². The summed E-state index contributed by atoms with van der Waals surface area (Å²) in [7, 11) is 0. The van der Waals surface area contributed by atoms with Crippen molar-refractivity contribution >= 4 is 53.2 Å². The first kappa shape index (κ1) is 64.1. The molecule has 1 fully saturated rings. The van der Waals surface area contributed by atoms with Crippen molar-refractivity contribution < 1.29 is 63.6 Å². The van der Waals surface area contributed by atoms with E-state index in [1.165, 1.54) is 38.1 Å². The Hall–Kier alpha value is -7.43. The molecule has 22 nitrogen and oxygen atoms in total. The van der Waals surface area contributed by atoms with Gasteiger partial charge in [0.05, 0.1) is 18.2 Å². The van der Waals surface area contributed by atoms with Crippen LogP contribution in [0.5, 0.6) is 5.75 Å². The highest BCUT2D eigenvalue weighted by molar-refractivity contribution is 5.98. The number of carboxylic acids is 1. The highest BCUT2D eigenvalue weighted by Crippen LogP contribution is 2.21. The van der Waals surface area contributed by atoms with E-state index in [2.05, 4.69) is 37.2 Å². The molecule has 1 aliphatic rings. The standard InChI is InChI=1S/C57H81N9O13/c1-9-33(6)46(54(75)61-43(30-38-22-24-39(69)25-23-38)51(72)62-45(32(4)5)57(78)79)63-55(76)47(34(7)67)64-53(74)44-21-16-26-66(44)56(77)48(35(8)68)65-52(73)42(29-37-19-14-11-15-20-37)60-50(71)41(27-31(2)3)59-49(70)40(58)28-36-17-12-10-13-18-36/h10-15,17-20,22-25,31-35,40-48,67-69H,9,16,21,26-30,58H2,1-8H3,(H,59,70)(H,60,71)(H,61,75)(H,62,72)(H,63,76)(H,64,74)(H,65,73)(H,78,79)/t33-,34+,35+,40-,41-,42-,43-,44-,45-,46-,47-,48-/m0/s1. The lowest BCUT2D eigenvalue weighted by Crippen LogP contribution is -2.63. The lowest BCUT2D eigenvalue weighted by atomic mass is 9.96. The summed E-state index contributed by atoms with van der Waals surface area (Å²) in [6.45, 7) is 12.8. The first-order valence-electron chi connectivity index (χ1n) is 26.9. The number of benzene rings is 3. The van der Waals surface area contributed by atoms with E-state index in [0.29, 0.717) is 24.0 Å². The van der Waals surface area contributed by atoms with Crippen LogP contribution in [0.2, 0.25) is 0 Å². The fourth-order valence-electron chi connectivity index (χ4n) is 9.10. The molecule has 8 amide bonds. The van der Waals surface area contributed by atoms with Gasteiger partial charge in [-0.1, -0.05) is 121 Å². The number of phenols is 1. The van der Waals surface area contributed by atoms with E-state index in [0.717, 1.165) is 10.5 Å². The van der Waals surface area contributed by atoms with Gasteiger partial charge >= 0.3 is 5.97 Å². The van der Waals surface area contributed by atoms with Gasteiger partial charge in [0.2, 0.25) is 47.3 Å². The maximum Gasteiger partial charge on any atom is 0.326 e. The summed E-state index contributed by atoms with van der Waals surface area (Å²) in [5, 5.41) is 59.9. The Morgan fingerprint density at radius 1 is 0.557 bits per heavy atom. The van der Waals surface area contributed by atoms with Gasteiger partial charge in [-0.2, -0.15) is 0 Å². The second kappa shape index (κ2) is 30.6. The highest BCUT2D eigenvalue weighted by Gasteiger charge is 2.43. The number of phenolic OH excluding ortho intramolecular Hbond substituents is 1. The number of hydrogen-bond donors (Lipinski definition) is 12. The molecular formula is C57H81N9O13. The largest absolute Gasteiger partial charge is 0.508 e. The van der Waals surface area contributed by atoms with Crippen LogP contribution in [0.1, 0.15) is 97.8 Å². The SMILES string of the molecule is CC[C@H](C)[C@H](NC(=O)[C@@H](NC(=O)[C@@H]1CCCN1C(=O)[C@@H](NC(=O)[C@H](Cc1ccccc1)NC(=O)[C@H](CC(C)C)NC(=O)[C@@H](N)Cc1ccccc1)[C@@H](C)O)[C@@H](C)O)C(=O)N[C@@H](Cc1ccc(O)cc1)C(=O)N[C@H](C(=O)O)C(C)C. The molecule has 3 aromatic carbocycles. The molecule has 1 heterocycles. The maximum atomic E-state index is 14.4. The molecule has 0 radical (unpaired) electrons. The monoisotopic (exact) mass is 1100 g/mol. The number of nitrogens with zero attached hydrogens (tertiary/aromatic N) is 1. The lowest BCUT2D eigenvalue weighted by Gasteiger charge is -2.33. The van der Waals surface area contributed by atoms with Crippen molar-refractivity contribution in [3.63, 3.8) is 0 Å². The van der Waals surface area contributed by atoms with E-state index in [1.807, 2.05) is 44.2 Å². The van der Waals surface area contributed by atoms with Crippen LogP contribution in [0.3, 0.4) is 0 Å². The minimum atomic E-state index is -1.69. The van der Waals surface area contributed by atoms with Crippen LogP contribution >= 0.6 is 0 Å². The van der Waals surface area contributed by atoms with Crippen molar-refractivity contribution in [2.45, 2.75) is 167 Å². The number of likely N-dealkylation sites (tertiary alicyclic amines) is 1. The summed E-state index contributed by atoms with van der Waals surface area (Å²) >= 11 is 0. The maximum absolute atomic E-state index is 14.4. The van der Waals surface area contributed by atoms with Crippen molar-refractivity contribution in [2.24, 2.45) is 23.5 Å². The molecule has 0 bridgehead atoms. The number of amides is 8. The smallest absolute Gasteiger partial charge is 0.326 e. The highest BCUT2D eigenvalue weighted by atomic mass is 16.4. The Morgan fingerprint density at radius 2 is 1.01 bits per heavy atom. The van der Waals surface area contributed by atoms with Crippen molar-refractivity contribution in [1.29, 1.82) is 0 Å². The Balaban J connectivity index is 1.52. The zero-order valence-corrected chi connectivity index (χ0v) is 46.3. The van der Waals surface area contributed by atoms with Crippen LogP contribution in [0.25, 0.3) is 0 Å². The molecule has 432 valence electrons. The molecule has 3 aromatic rings. The predicted molar refractivity (Wildman–Crippen MR) is 293 cm³/mol. The van der Waals surface area contributed by atoms with Gasteiger partial charge in [-0.15, -0.1) is 0 Å². The van der Waals surface area contributed by atoms with Crippen LogP contribution in [0.15, 0.2) is 84.9 Å². The number of nitrogens with one attached hydrogen (secondary N) is 7. The number of aliphatic carboxylic acids is 1.